The molecule has 1 N–H and O–H groups in total. The van der Waals surface area contributed by atoms with E-state index >= 15 is 0 Å². The monoisotopic (exact) mass is 343 g/mol. The zero-order chi connectivity index (χ0) is 18.1. The van der Waals surface area contributed by atoms with Gasteiger partial charge in [-0.25, -0.2) is 0 Å². The molecular formula is C21H15N2O3+. The highest BCUT2D eigenvalue weighted by Gasteiger charge is 2.31. The van der Waals surface area contributed by atoms with E-state index in [0.29, 0.717) is 15.6 Å². The fourth-order valence-electron chi connectivity index (χ4n) is 3.03. The van der Waals surface area contributed by atoms with Crippen molar-refractivity contribution in [2.24, 2.45) is 0 Å². The van der Waals surface area contributed by atoms with Gasteiger partial charge in [0.25, 0.3) is 5.52 Å². The van der Waals surface area contributed by atoms with Gasteiger partial charge in [-0.2, -0.15) is 4.73 Å². The average molecular weight is 343 g/mol. The molecule has 4 rings (SSSR count). The minimum atomic E-state index is -0.428. The molecule has 0 saturated heterocycles. The van der Waals surface area contributed by atoms with E-state index in [1.165, 1.54) is 0 Å². The molecule has 5 heteroatoms. The summed E-state index contributed by atoms with van der Waals surface area (Å²) in [6.45, 7) is 0. The van der Waals surface area contributed by atoms with Crippen LogP contribution < -0.4 is 4.43 Å². The lowest BCUT2D eigenvalue weighted by Gasteiger charge is -2.09. The van der Waals surface area contributed by atoms with Gasteiger partial charge < -0.3 is 5.21 Å². The standard InChI is InChI=1S/C21H15N2O3/c24-21(16-11-5-2-6-12-16)20-19(15-9-3-1-4-10-15)22(25)17-13-7-8-14-18(17)23(20)26/h1-14,26H/q+1. The van der Waals surface area contributed by atoms with Crippen molar-refractivity contribution >= 4 is 16.8 Å². The molecule has 0 amide bonds. The molecule has 0 bridgehead atoms. The lowest BCUT2D eigenvalue weighted by Crippen LogP contribution is -2.28. The van der Waals surface area contributed by atoms with Crippen molar-refractivity contribution in [2.45, 2.75) is 0 Å². The second-order valence-corrected chi connectivity index (χ2v) is 5.85. The number of carbonyl (C=O) groups is 1. The molecule has 126 valence electrons. The normalized spacial score (nSPS) is 10.8. The van der Waals surface area contributed by atoms with Crippen molar-refractivity contribution in [2.75, 3.05) is 0 Å². The molecule has 0 spiro atoms. The Hall–Kier alpha value is -3.73. The van der Waals surface area contributed by atoms with Crippen LogP contribution in [0.15, 0.2) is 84.9 Å². The van der Waals surface area contributed by atoms with Gasteiger partial charge in [-0.15, -0.1) is 0 Å². The molecule has 0 saturated carbocycles. The summed E-state index contributed by atoms with van der Waals surface area (Å²) in [5, 5.41) is 10.8. The third-order valence-corrected chi connectivity index (χ3v) is 4.27. The topological polar surface area (TPSA) is 65.2 Å². The van der Waals surface area contributed by atoms with Gasteiger partial charge in [0.2, 0.25) is 11.5 Å². The molecule has 0 fully saturated rings. The molecule has 1 aromatic heterocycles. The Kier molecular flexibility index (Phi) is 3.82. The van der Waals surface area contributed by atoms with Gasteiger partial charge in [0.15, 0.2) is 5.52 Å². The summed E-state index contributed by atoms with van der Waals surface area (Å²) in [5.41, 5.74) is 1.52. The highest BCUT2D eigenvalue weighted by Crippen LogP contribution is 2.25. The Morgan fingerprint density at radius 2 is 1.38 bits per heavy atom. The quantitative estimate of drug-likeness (QED) is 0.350. The van der Waals surface area contributed by atoms with Crippen LogP contribution in [0.1, 0.15) is 16.1 Å². The zero-order valence-electron chi connectivity index (χ0n) is 13.7. The summed E-state index contributed by atoms with van der Waals surface area (Å²) in [6, 6.07) is 24.1. The Morgan fingerprint density at radius 3 is 2.08 bits per heavy atom. The van der Waals surface area contributed by atoms with E-state index < -0.39 is 5.78 Å². The molecule has 0 aliphatic heterocycles. The molecule has 0 radical (unpaired) electrons. The second kappa shape index (κ2) is 6.29. The SMILES string of the molecule is O=C(c1ccccc1)c1c(-c2ccccc2)[n+](=O)c2ccccc2n1O. The Balaban J connectivity index is 2.12. The molecule has 5 nitrogen and oxygen atoms in total. The Labute approximate surface area is 149 Å². The van der Waals surface area contributed by atoms with E-state index in [1.807, 2.05) is 6.07 Å². The molecule has 0 atom stereocenters. The molecule has 0 unspecified atom stereocenters. The van der Waals surface area contributed by atoms with E-state index in [4.69, 9.17) is 0 Å². The molecular weight excluding hydrogens is 328 g/mol. The molecule has 4 aromatic rings. The number of hydrogen-bond acceptors (Lipinski definition) is 3. The fourth-order valence-corrected chi connectivity index (χ4v) is 3.03. The number of aromatic nitrogens is 2. The lowest BCUT2D eigenvalue weighted by molar-refractivity contribution is -0.452. The van der Waals surface area contributed by atoms with Crippen LogP contribution in [0.4, 0.5) is 0 Å². The highest BCUT2D eigenvalue weighted by molar-refractivity contribution is 6.11. The van der Waals surface area contributed by atoms with Gasteiger partial charge in [0, 0.05) is 16.5 Å². The maximum Gasteiger partial charge on any atom is 0.301 e. The maximum atomic E-state index is 13.1. The predicted octanol–water partition coefficient (Wildman–Crippen LogP) is 3.69. The van der Waals surface area contributed by atoms with Crippen LogP contribution in [-0.4, -0.2) is 15.7 Å². The number of nitrogens with zero attached hydrogens (tertiary/aromatic N) is 2. The van der Waals surface area contributed by atoms with Crippen LogP contribution in [0.3, 0.4) is 0 Å². The molecule has 0 aliphatic carbocycles. The van der Waals surface area contributed by atoms with E-state index in [0.717, 1.165) is 4.73 Å². The summed E-state index contributed by atoms with van der Waals surface area (Å²) >= 11 is 0. The number of carbonyl (C=O) groups excluding carboxylic acids is 1. The van der Waals surface area contributed by atoms with Gasteiger partial charge in [0.05, 0.1) is 9.99 Å². The summed E-state index contributed by atoms with van der Waals surface area (Å²) in [4.78, 5) is 26.2. The first-order chi connectivity index (χ1) is 12.7. The van der Waals surface area contributed by atoms with Crippen LogP contribution in [0.25, 0.3) is 22.3 Å². The summed E-state index contributed by atoms with van der Waals surface area (Å²) in [6.07, 6.45) is 0. The van der Waals surface area contributed by atoms with Crippen molar-refractivity contribution in [1.82, 2.24) is 4.73 Å². The first-order valence-corrected chi connectivity index (χ1v) is 8.13. The van der Waals surface area contributed by atoms with Crippen molar-refractivity contribution in [3.8, 4) is 11.3 Å². The maximum absolute atomic E-state index is 13.1. The van der Waals surface area contributed by atoms with E-state index in [2.05, 4.69) is 0 Å². The van der Waals surface area contributed by atoms with Crippen molar-refractivity contribution in [3.05, 3.63) is 101 Å². The van der Waals surface area contributed by atoms with Crippen LogP contribution in [0.2, 0.25) is 0 Å². The lowest BCUT2D eigenvalue weighted by atomic mass is 10.0. The van der Waals surface area contributed by atoms with Crippen molar-refractivity contribution in [3.63, 3.8) is 0 Å². The molecule has 1 heterocycles. The first-order valence-electron chi connectivity index (χ1n) is 8.13. The summed E-state index contributed by atoms with van der Waals surface area (Å²) < 4.78 is 1.51. The number of benzene rings is 3. The van der Waals surface area contributed by atoms with Crippen LogP contribution in [0, 0.1) is 4.91 Å². The van der Waals surface area contributed by atoms with Gasteiger partial charge in [-0.1, -0.05) is 60.7 Å². The summed E-state index contributed by atoms with van der Waals surface area (Å²) in [5.74, 6) is -0.428. The third-order valence-electron chi connectivity index (χ3n) is 4.27. The number of fused-ring (bicyclic) bond motifs is 1. The van der Waals surface area contributed by atoms with Gasteiger partial charge in [-0.3, -0.25) is 4.79 Å². The summed E-state index contributed by atoms with van der Waals surface area (Å²) in [7, 11) is 0. The smallest absolute Gasteiger partial charge is 0.301 e. The minimum Gasteiger partial charge on any atom is -0.427 e. The van der Waals surface area contributed by atoms with Crippen LogP contribution in [0.5, 0.6) is 0 Å². The second-order valence-electron chi connectivity index (χ2n) is 5.85. The number of hydrogen-bond donors (Lipinski definition) is 1. The third kappa shape index (κ3) is 2.46. The van der Waals surface area contributed by atoms with Crippen LogP contribution >= 0.6 is 0 Å². The Morgan fingerprint density at radius 1 is 0.808 bits per heavy atom. The highest BCUT2D eigenvalue weighted by atomic mass is 16.5. The van der Waals surface area contributed by atoms with E-state index in [9.17, 15) is 14.9 Å². The van der Waals surface area contributed by atoms with Gasteiger partial charge in [-0.05, 0) is 18.2 Å². The largest absolute Gasteiger partial charge is 0.427 e. The van der Waals surface area contributed by atoms with Gasteiger partial charge in [0.1, 0.15) is 0 Å². The molecule has 26 heavy (non-hydrogen) atoms. The van der Waals surface area contributed by atoms with Crippen LogP contribution in [-0.2, 0) is 0 Å². The zero-order valence-corrected chi connectivity index (χ0v) is 13.7. The molecule has 0 aliphatic rings. The number of rotatable bonds is 3. The fraction of sp³-hybridized carbons (Fsp3) is 0. The first kappa shape index (κ1) is 15.8. The van der Waals surface area contributed by atoms with Crippen molar-refractivity contribution in [1.29, 1.82) is 0 Å². The van der Waals surface area contributed by atoms with E-state index in [1.54, 1.807) is 78.9 Å². The minimum absolute atomic E-state index is 0.0731. The van der Waals surface area contributed by atoms with Crippen molar-refractivity contribution < 1.29 is 14.4 Å². The molecule has 3 aromatic carbocycles. The number of para-hydroxylation sites is 2. The predicted molar refractivity (Wildman–Crippen MR) is 97.8 cm³/mol. The van der Waals surface area contributed by atoms with Gasteiger partial charge >= 0.3 is 5.69 Å². The Bertz CT molecular complexity index is 1170. The van der Waals surface area contributed by atoms with E-state index in [-0.39, 0.29) is 22.4 Å². The number of ketones is 1. The average Bonchev–Trinajstić information content (AvgIpc) is 2.71.